The lowest BCUT2D eigenvalue weighted by atomic mass is 10.1. The minimum Gasteiger partial charge on any atom is -0.469 e. The Bertz CT molecular complexity index is 492. The molecular formula is C15H22N2O3S. The SMILES string of the molecule is COC(=O)CCSCCCC(=O)Nc1cccc(N)c1C. The highest BCUT2D eigenvalue weighted by Crippen LogP contribution is 2.20. The van der Waals surface area contributed by atoms with Crippen LogP contribution in [0.4, 0.5) is 11.4 Å². The van der Waals surface area contributed by atoms with Crippen LogP contribution in [0.15, 0.2) is 18.2 Å². The number of carbonyl (C=O) groups excluding carboxylic acids is 2. The summed E-state index contributed by atoms with van der Waals surface area (Å²) in [6.07, 6.45) is 1.65. The van der Waals surface area contributed by atoms with Gasteiger partial charge in [0.05, 0.1) is 13.5 Å². The Labute approximate surface area is 129 Å². The maximum atomic E-state index is 11.8. The van der Waals surface area contributed by atoms with E-state index in [0.29, 0.717) is 18.5 Å². The van der Waals surface area contributed by atoms with Crippen molar-refractivity contribution in [2.24, 2.45) is 0 Å². The third-order valence-electron chi connectivity index (χ3n) is 3.02. The molecule has 21 heavy (non-hydrogen) atoms. The number of esters is 1. The molecule has 1 aromatic carbocycles. The first-order valence-corrected chi connectivity index (χ1v) is 7.99. The van der Waals surface area contributed by atoms with Crippen LogP contribution < -0.4 is 11.1 Å². The van der Waals surface area contributed by atoms with Gasteiger partial charge in [-0.15, -0.1) is 0 Å². The molecule has 0 unspecified atom stereocenters. The molecule has 0 saturated heterocycles. The first-order chi connectivity index (χ1) is 10.0. The fourth-order valence-electron chi connectivity index (χ4n) is 1.70. The van der Waals surface area contributed by atoms with E-state index < -0.39 is 0 Å². The van der Waals surface area contributed by atoms with E-state index >= 15 is 0 Å². The summed E-state index contributed by atoms with van der Waals surface area (Å²) >= 11 is 1.65. The Morgan fingerprint density at radius 3 is 2.76 bits per heavy atom. The summed E-state index contributed by atoms with van der Waals surface area (Å²) < 4.78 is 4.56. The van der Waals surface area contributed by atoms with Crippen LogP contribution in [-0.2, 0) is 14.3 Å². The average Bonchev–Trinajstić information content (AvgIpc) is 2.47. The van der Waals surface area contributed by atoms with Crippen molar-refractivity contribution < 1.29 is 14.3 Å². The van der Waals surface area contributed by atoms with E-state index in [0.717, 1.165) is 29.2 Å². The molecule has 0 heterocycles. The van der Waals surface area contributed by atoms with E-state index in [1.807, 2.05) is 25.1 Å². The van der Waals surface area contributed by atoms with Crippen molar-refractivity contribution in [2.75, 3.05) is 29.7 Å². The van der Waals surface area contributed by atoms with Crippen LogP contribution in [0.3, 0.4) is 0 Å². The van der Waals surface area contributed by atoms with Crippen molar-refractivity contribution in [1.82, 2.24) is 0 Å². The molecular weight excluding hydrogens is 288 g/mol. The zero-order valence-corrected chi connectivity index (χ0v) is 13.3. The number of hydrogen-bond donors (Lipinski definition) is 2. The van der Waals surface area contributed by atoms with Gasteiger partial charge >= 0.3 is 5.97 Å². The van der Waals surface area contributed by atoms with E-state index in [9.17, 15) is 9.59 Å². The lowest BCUT2D eigenvalue weighted by molar-refractivity contribution is -0.140. The minimum absolute atomic E-state index is 0.0164. The number of rotatable bonds is 8. The number of benzene rings is 1. The molecule has 0 spiro atoms. The largest absolute Gasteiger partial charge is 0.469 e. The molecule has 0 aliphatic rings. The van der Waals surface area contributed by atoms with Crippen molar-refractivity contribution >= 4 is 35.0 Å². The number of amides is 1. The number of nitrogen functional groups attached to an aromatic ring is 1. The normalized spacial score (nSPS) is 10.2. The lowest BCUT2D eigenvalue weighted by Crippen LogP contribution is -2.13. The Kier molecular flexibility index (Phi) is 7.68. The zero-order chi connectivity index (χ0) is 15.7. The molecule has 1 aromatic rings. The second-order valence-corrected chi connectivity index (χ2v) is 5.83. The highest BCUT2D eigenvalue weighted by atomic mass is 32.2. The Balaban J connectivity index is 2.20. The number of nitrogens with one attached hydrogen (secondary N) is 1. The van der Waals surface area contributed by atoms with Crippen LogP contribution >= 0.6 is 11.8 Å². The third kappa shape index (κ3) is 6.53. The van der Waals surface area contributed by atoms with Crippen LogP contribution in [0.1, 0.15) is 24.8 Å². The quantitative estimate of drug-likeness (QED) is 0.438. The van der Waals surface area contributed by atoms with Crippen molar-refractivity contribution in [3.63, 3.8) is 0 Å². The van der Waals surface area contributed by atoms with Gasteiger partial charge in [0, 0.05) is 23.5 Å². The maximum Gasteiger partial charge on any atom is 0.306 e. The van der Waals surface area contributed by atoms with Crippen molar-refractivity contribution in [3.05, 3.63) is 23.8 Å². The standard InChI is InChI=1S/C15H22N2O3S/c1-11-12(16)5-3-6-13(11)17-14(18)7-4-9-21-10-8-15(19)20-2/h3,5-6H,4,7-10,16H2,1-2H3,(H,17,18). The number of hydrogen-bond acceptors (Lipinski definition) is 5. The summed E-state index contributed by atoms with van der Waals surface area (Å²) in [7, 11) is 1.38. The smallest absolute Gasteiger partial charge is 0.306 e. The summed E-state index contributed by atoms with van der Waals surface area (Å²) in [6.45, 7) is 1.88. The summed E-state index contributed by atoms with van der Waals surface area (Å²) in [5.41, 5.74) is 8.12. The molecule has 0 atom stereocenters. The predicted octanol–water partition coefficient (Wildman–Crippen LogP) is 2.59. The maximum absolute atomic E-state index is 11.8. The van der Waals surface area contributed by atoms with Crippen molar-refractivity contribution in [3.8, 4) is 0 Å². The summed E-state index contributed by atoms with van der Waals surface area (Å²) in [5.74, 6) is 1.36. The van der Waals surface area contributed by atoms with E-state index in [2.05, 4.69) is 10.1 Å². The number of carbonyl (C=O) groups is 2. The number of methoxy groups -OCH3 is 1. The molecule has 0 saturated carbocycles. The zero-order valence-electron chi connectivity index (χ0n) is 12.5. The molecule has 0 radical (unpaired) electrons. The Morgan fingerprint density at radius 2 is 2.05 bits per heavy atom. The summed E-state index contributed by atoms with van der Waals surface area (Å²) in [4.78, 5) is 22.7. The molecule has 0 aliphatic heterocycles. The van der Waals surface area contributed by atoms with Gasteiger partial charge in [0.2, 0.25) is 5.91 Å². The van der Waals surface area contributed by atoms with E-state index in [-0.39, 0.29) is 11.9 Å². The second kappa shape index (κ2) is 9.28. The predicted molar refractivity (Wildman–Crippen MR) is 87.4 cm³/mol. The van der Waals surface area contributed by atoms with E-state index in [4.69, 9.17) is 5.73 Å². The molecule has 3 N–H and O–H groups in total. The number of nitrogens with two attached hydrogens (primary N) is 1. The molecule has 0 aromatic heterocycles. The van der Waals surface area contributed by atoms with Crippen molar-refractivity contribution in [1.29, 1.82) is 0 Å². The van der Waals surface area contributed by atoms with E-state index in [1.54, 1.807) is 11.8 Å². The Morgan fingerprint density at radius 1 is 1.29 bits per heavy atom. The van der Waals surface area contributed by atoms with Gasteiger partial charge in [-0.05, 0) is 36.8 Å². The van der Waals surface area contributed by atoms with Crippen LogP contribution in [0.25, 0.3) is 0 Å². The van der Waals surface area contributed by atoms with Gasteiger partial charge in [-0.1, -0.05) is 6.07 Å². The minimum atomic E-state index is -0.197. The number of anilines is 2. The first-order valence-electron chi connectivity index (χ1n) is 6.84. The molecule has 0 aliphatic carbocycles. The summed E-state index contributed by atoms with van der Waals surface area (Å²) in [6, 6.07) is 5.47. The fourth-order valence-corrected chi connectivity index (χ4v) is 2.56. The topological polar surface area (TPSA) is 81.4 Å². The monoisotopic (exact) mass is 310 g/mol. The number of thioether (sulfide) groups is 1. The molecule has 0 fully saturated rings. The van der Waals surface area contributed by atoms with Crippen molar-refractivity contribution in [2.45, 2.75) is 26.2 Å². The molecule has 116 valence electrons. The van der Waals surface area contributed by atoms with Gasteiger partial charge in [0.1, 0.15) is 0 Å². The second-order valence-electron chi connectivity index (χ2n) is 4.61. The van der Waals surface area contributed by atoms with Crippen LogP contribution in [0.2, 0.25) is 0 Å². The van der Waals surface area contributed by atoms with Crippen LogP contribution in [0, 0.1) is 6.92 Å². The lowest BCUT2D eigenvalue weighted by Gasteiger charge is -2.10. The van der Waals surface area contributed by atoms with Crippen LogP contribution in [0.5, 0.6) is 0 Å². The fraction of sp³-hybridized carbons (Fsp3) is 0.467. The molecule has 5 nitrogen and oxygen atoms in total. The molecule has 1 rings (SSSR count). The highest BCUT2D eigenvalue weighted by molar-refractivity contribution is 7.99. The highest BCUT2D eigenvalue weighted by Gasteiger charge is 2.06. The summed E-state index contributed by atoms with van der Waals surface area (Å²) in [5, 5.41) is 2.87. The third-order valence-corrected chi connectivity index (χ3v) is 4.09. The number of ether oxygens (including phenoxy) is 1. The molecule has 0 bridgehead atoms. The van der Waals surface area contributed by atoms with Gasteiger partial charge in [-0.25, -0.2) is 0 Å². The van der Waals surface area contributed by atoms with Crippen LogP contribution in [-0.4, -0.2) is 30.5 Å². The van der Waals surface area contributed by atoms with Gasteiger partial charge in [-0.2, -0.15) is 11.8 Å². The Hall–Kier alpha value is -1.69. The van der Waals surface area contributed by atoms with Gasteiger partial charge in [-0.3, -0.25) is 9.59 Å². The van der Waals surface area contributed by atoms with Gasteiger partial charge in [0.15, 0.2) is 0 Å². The average molecular weight is 310 g/mol. The van der Waals surface area contributed by atoms with Gasteiger partial charge < -0.3 is 15.8 Å². The first kappa shape index (κ1) is 17.4. The van der Waals surface area contributed by atoms with Gasteiger partial charge in [0.25, 0.3) is 0 Å². The molecule has 6 heteroatoms. The molecule has 1 amide bonds. The van der Waals surface area contributed by atoms with E-state index in [1.165, 1.54) is 7.11 Å².